The van der Waals surface area contributed by atoms with Gasteiger partial charge in [0, 0.05) is 12.2 Å². The number of fused-ring (bicyclic) bond motifs is 1. The molecule has 0 radical (unpaired) electrons. The third-order valence-electron chi connectivity index (χ3n) is 5.97. The maximum Gasteiger partial charge on any atom is 0.251 e. The molecule has 4 atom stereocenters. The third kappa shape index (κ3) is 4.91. The summed E-state index contributed by atoms with van der Waals surface area (Å²) in [4.78, 5) is 34.7. The van der Waals surface area contributed by atoms with Crippen LogP contribution in [0.3, 0.4) is 0 Å². The second kappa shape index (κ2) is 9.65. The van der Waals surface area contributed by atoms with Crippen molar-refractivity contribution in [3.63, 3.8) is 0 Å². The van der Waals surface area contributed by atoms with Crippen LogP contribution in [-0.2, 0) is 9.53 Å². The molecule has 0 spiro atoms. The molecular formula is C24H29FN4O3. The van der Waals surface area contributed by atoms with Gasteiger partial charge in [-0.1, -0.05) is 32.1 Å². The average molecular weight is 441 g/mol. The lowest BCUT2D eigenvalue weighted by Crippen LogP contribution is -2.51. The molecular weight excluding hydrogens is 411 g/mol. The lowest BCUT2D eigenvalue weighted by molar-refractivity contribution is -0.134. The number of ether oxygens (including phenoxy) is 1. The molecule has 0 saturated carbocycles. The molecule has 2 fully saturated rings. The number of aromatic amines is 1. The van der Waals surface area contributed by atoms with E-state index in [1.807, 2.05) is 38.1 Å². The summed E-state index contributed by atoms with van der Waals surface area (Å²) in [5, 5.41) is 2.89. The SMILES string of the molecule is CC(C)CC(NC(=O)c1ccc(/C=C/c2cnc[nH]2)cc1)C(=O)N1C[C@H](F)[C@H]2OCCC21. The van der Waals surface area contributed by atoms with Crippen LogP contribution in [0.1, 0.15) is 48.3 Å². The number of carbonyl (C=O) groups is 2. The summed E-state index contributed by atoms with van der Waals surface area (Å²) in [5.74, 6) is -0.353. The minimum Gasteiger partial charge on any atom is -0.373 e. The van der Waals surface area contributed by atoms with E-state index in [1.165, 1.54) is 0 Å². The number of nitrogens with one attached hydrogen (secondary N) is 2. The van der Waals surface area contributed by atoms with Crippen LogP contribution in [0, 0.1) is 5.92 Å². The lowest BCUT2D eigenvalue weighted by atomic mass is 10.0. The fourth-order valence-electron chi connectivity index (χ4n) is 4.38. The van der Waals surface area contributed by atoms with Crippen molar-refractivity contribution in [2.75, 3.05) is 13.2 Å². The predicted octanol–water partition coefficient (Wildman–Crippen LogP) is 3.06. The number of H-pyrrole nitrogens is 1. The number of benzene rings is 1. The first-order valence-electron chi connectivity index (χ1n) is 11.1. The van der Waals surface area contributed by atoms with Gasteiger partial charge in [0.15, 0.2) is 0 Å². The minimum absolute atomic E-state index is 0.0238. The summed E-state index contributed by atoms with van der Waals surface area (Å²) in [6.45, 7) is 4.48. The average Bonchev–Trinajstić information content (AvgIpc) is 3.51. The topological polar surface area (TPSA) is 87.3 Å². The third-order valence-corrected chi connectivity index (χ3v) is 5.97. The first-order chi connectivity index (χ1) is 15.4. The van der Waals surface area contributed by atoms with Crippen LogP contribution < -0.4 is 5.32 Å². The zero-order valence-electron chi connectivity index (χ0n) is 18.3. The van der Waals surface area contributed by atoms with Gasteiger partial charge in [-0.15, -0.1) is 0 Å². The monoisotopic (exact) mass is 440 g/mol. The Morgan fingerprint density at radius 2 is 2.09 bits per heavy atom. The quantitative estimate of drug-likeness (QED) is 0.693. The number of aromatic nitrogens is 2. The Kier molecular flexibility index (Phi) is 6.69. The van der Waals surface area contributed by atoms with Crippen LogP contribution >= 0.6 is 0 Å². The van der Waals surface area contributed by atoms with E-state index in [1.54, 1.807) is 29.6 Å². The van der Waals surface area contributed by atoms with Crippen LogP contribution in [0.5, 0.6) is 0 Å². The number of carbonyl (C=O) groups excluding carboxylic acids is 2. The molecule has 2 N–H and O–H groups in total. The number of amides is 2. The number of imidazole rings is 1. The van der Waals surface area contributed by atoms with Gasteiger partial charge >= 0.3 is 0 Å². The fraction of sp³-hybridized carbons (Fsp3) is 0.458. The van der Waals surface area contributed by atoms with E-state index in [0.29, 0.717) is 25.0 Å². The summed E-state index contributed by atoms with van der Waals surface area (Å²) in [5.41, 5.74) is 2.29. The zero-order valence-corrected chi connectivity index (χ0v) is 18.3. The van der Waals surface area contributed by atoms with Crippen molar-refractivity contribution in [3.8, 4) is 0 Å². The fourth-order valence-corrected chi connectivity index (χ4v) is 4.38. The predicted molar refractivity (Wildman–Crippen MR) is 119 cm³/mol. The van der Waals surface area contributed by atoms with Crippen LogP contribution in [0.25, 0.3) is 12.2 Å². The van der Waals surface area contributed by atoms with Gasteiger partial charge < -0.3 is 19.9 Å². The highest BCUT2D eigenvalue weighted by Crippen LogP contribution is 2.32. The number of likely N-dealkylation sites (tertiary alicyclic amines) is 1. The largest absolute Gasteiger partial charge is 0.373 e. The summed E-state index contributed by atoms with van der Waals surface area (Å²) in [7, 11) is 0. The number of nitrogens with zero attached hydrogens (tertiary/aromatic N) is 2. The number of halogens is 1. The number of rotatable bonds is 7. The Morgan fingerprint density at radius 3 is 2.78 bits per heavy atom. The molecule has 3 heterocycles. The molecule has 2 aliphatic rings. The molecule has 4 rings (SSSR count). The normalized spacial score (nSPS) is 23.6. The van der Waals surface area contributed by atoms with Crippen molar-refractivity contribution in [1.82, 2.24) is 20.2 Å². The maximum absolute atomic E-state index is 14.3. The first-order valence-corrected chi connectivity index (χ1v) is 11.1. The molecule has 2 aliphatic heterocycles. The smallest absolute Gasteiger partial charge is 0.251 e. The second-order valence-electron chi connectivity index (χ2n) is 8.82. The molecule has 170 valence electrons. The van der Waals surface area contributed by atoms with Crippen molar-refractivity contribution in [1.29, 1.82) is 0 Å². The first kappa shape index (κ1) is 22.2. The second-order valence-corrected chi connectivity index (χ2v) is 8.82. The van der Waals surface area contributed by atoms with Crippen molar-refractivity contribution in [2.45, 2.75) is 51.0 Å². The van der Waals surface area contributed by atoms with Gasteiger partial charge in [-0.25, -0.2) is 9.37 Å². The molecule has 7 nitrogen and oxygen atoms in total. The highest BCUT2D eigenvalue weighted by Gasteiger charge is 2.49. The van der Waals surface area contributed by atoms with Crippen LogP contribution in [0.2, 0.25) is 0 Å². The zero-order chi connectivity index (χ0) is 22.7. The highest BCUT2D eigenvalue weighted by atomic mass is 19.1. The molecule has 1 aromatic carbocycles. The van der Waals surface area contributed by atoms with E-state index in [9.17, 15) is 14.0 Å². The number of hydrogen-bond donors (Lipinski definition) is 2. The van der Waals surface area contributed by atoms with Crippen LogP contribution in [-0.4, -0.2) is 64.2 Å². The van der Waals surface area contributed by atoms with Gasteiger partial charge in [-0.05, 0) is 42.5 Å². The lowest BCUT2D eigenvalue weighted by Gasteiger charge is -2.28. The molecule has 2 amide bonds. The summed E-state index contributed by atoms with van der Waals surface area (Å²) < 4.78 is 19.8. The number of hydrogen-bond acceptors (Lipinski definition) is 4. The molecule has 2 saturated heterocycles. The molecule has 8 heteroatoms. The van der Waals surface area contributed by atoms with E-state index in [0.717, 1.165) is 11.3 Å². The van der Waals surface area contributed by atoms with E-state index < -0.39 is 18.3 Å². The minimum atomic E-state index is -1.18. The van der Waals surface area contributed by atoms with Crippen molar-refractivity contribution >= 4 is 24.0 Å². The van der Waals surface area contributed by atoms with Gasteiger partial charge in [0.2, 0.25) is 5.91 Å². The van der Waals surface area contributed by atoms with Gasteiger partial charge in [0.05, 0.1) is 30.8 Å². The molecule has 2 unspecified atom stereocenters. The van der Waals surface area contributed by atoms with Crippen molar-refractivity contribution in [2.24, 2.45) is 5.92 Å². The summed E-state index contributed by atoms with van der Waals surface area (Å²) >= 11 is 0. The Balaban J connectivity index is 1.43. The Bertz CT molecular complexity index is 958. The summed E-state index contributed by atoms with van der Waals surface area (Å²) in [6.07, 6.45) is 6.54. The molecule has 0 aliphatic carbocycles. The van der Waals surface area contributed by atoms with Gasteiger partial charge in [0.25, 0.3) is 5.91 Å². The Morgan fingerprint density at radius 1 is 1.31 bits per heavy atom. The van der Waals surface area contributed by atoms with Gasteiger partial charge in [-0.2, -0.15) is 0 Å². The molecule has 2 aromatic rings. The van der Waals surface area contributed by atoms with E-state index >= 15 is 0 Å². The van der Waals surface area contributed by atoms with E-state index in [-0.39, 0.29) is 30.3 Å². The van der Waals surface area contributed by atoms with E-state index in [2.05, 4.69) is 15.3 Å². The summed E-state index contributed by atoms with van der Waals surface area (Å²) in [6, 6.07) is 6.20. The van der Waals surface area contributed by atoms with E-state index in [4.69, 9.17) is 4.74 Å². The maximum atomic E-state index is 14.3. The molecule has 32 heavy (non-hydrogen) atoms. The Hall–Kier alpha value is -3.00. The molecule has 0 bridgehead atoms. The number of alkyl halides is 1. The standard InChI is InChI=1S/C24H29FN4O3/c1-15(2)11-20(24(31)29-13-19(25)22-21(29)9-10-32-22)28-23(30)17-6-3-16(4-7-17)5-8-18-12-26-14-27-18/h3-8,12,14-15,19-22H,9-11,13H2,1-2H3,(H,26,27)(H,28,30)/b8-5+/t19-,20?,21?,22+/m0/s1. The van der Waals surface area contributed by atoms with Gasteiger partial charge in [0.1, 0.15) is 18.3 Å². The van der Waals surface area contributed by atoms with Crippen molar-refractivity contribution < 1.29 is 18.7 Å². The van der Waals surface area contributed by atoms with Crippen LogP contribution in [0.4, 0.5) is 4.39 Å². The van der Waals surface area contributed by atoms with Gasteiger partial charge in [-0.3, -0.25) is 9.59 Å². The molecule has 1 aromatic heterocycles. The van der Waals surface area contributed by atoms with Crippen molar-refractivity contribution in [3.05, 3.63) is 53.6 Å². The van der Waals surface area contributed by atoms with Crippen LogP contribution in [0.15, 0.2) is 36.8 Å². The Labute approximate surface area is 187 Å². The highest BCUT2D eigenvalue weighted by molar-refractivity contribution is 5.97.